The summed E-state index contributed by atoms with van der Waals surface area (Å²) in [6.45, 7) is 20.4. The van der Waals surface area contributed by atoms with Crippen LogP contribution in [0, 0.1) is 69.2 Å². The molecule has 10 N–H and O–H groups in total. The van der Waals surface area contributed by atoms with Crippen LogP contribution in [0.5, 0.6) is 0 Å². The smallest absolute Gasteiger partial charge is 0.0373 e. The zero-order chi connectivity index (χ0) is 34.3. The van der Waals surface area contributed by atoms with Crippen LogP contribution in [-0.4, -0.2) is 0 Å². The Morgan fingerprint density at radius 2 is 0.844 bits per heavy atom. The second kappa shape index (κ2) is 18.7. The van der Waals surface area contributed by atoms with E-state index in [2.05, 4.69) is 45.9 Å². The summed E-state index contributed by atoms with van der Waals surface area (Å²) >= 11 is 0. The standard InChI is InChI=1S/5C8H11N/c1-6-3-4-8(9)5-7(6)2;1-6-3-4-8(9)7(2)5-6;1-6-3-4-7(2)8(9)5-6;1-6-4-3-5-8(9)7(6)2;1-6-4-3-5-7(2)8(6)9/h5*3-5H,9H2,1-2H3. The quantitative estimate of drug-likeness (QED) is 0.112. The topological polar surface area (TPSA) is 130 Å². The van der Waals surface area contributed by atoms with Gasteiger partial charge in [-0.25, -0.2) is 0 Å². The number of aryl methyl sites for hydroxylation is 9. The van der Waals surface area contributed by atoms with E-state index >= 15 is 0 Å². The molecule has 0 aromatic heterocycles. The molecule has 0 spiro atoms. The number of hydrogen-bond donors (Lipinski definition) is 5. The van der Waals surface area contributed by atoms with E-state index in [4.69, 9.17) is 28.7 Å². The van der Waals surface area contributed by atoms with E-state index in [1.54, 1.807) is 0 Å². The Morgan fingerprint density at radius 3 is 1.27 bits per heavy atom. The molecule has 5 rings (SSSR count). The van der Waals surface area contributed by atoms with Gasteiger partial charge in [0.25, 0.3) is 0 Å². The van der Waals surface area contributed by atoms with Crippen LogP contribution in [0.1, 0.15) is 55.6 Å². The molecule has 5 aromatic carbocycles. The number of nitrogens with two attached hydrogens (primary N) is 5. The first kappa shape index (κ1) is 38.1. The first-order chi connectivity index (χ1) is 21.0. The van der Waals surface area contributed by atoms with Crippen molar-refractivity contribution >= 4 is 28.4 Å². The molecule has 0 heterocycles. The molecule has 0 saturated carbocycles. The van der Waals surface area contributed by atoms with Gasteiger partial charge in [0.15, 0.2) is 0 Å². The Labute approximate surface area is 272 Å². The third-order valence-corrected chi connectivity index (χ3v) is 7.58. The average molecular weight is 606 g/mol. The molecule has 0 aliphatic rings. The fourth-order valence-electron chi connectivity index (χ4n) is 3.95. The number of anilines is 5. The van der Waals surface area contributed by atoms with Crippen LogP contribution in [0.15, 0.2) is 91.0 Å². The minimum atomic E-state index is 0.845. The highest BCUT2D eigenvalue weighted by Gasteiger charge is 1.94. The van der Waals surface area contributed by atoms with Crippen molar-refractivity contribution in [3.8, 4) is 0 Å². The predicted octanol–water partition coefficient (Wildman–Crippen LogP) is 9.43. The van der Waals surface area contributed by atoms with Crippen molar-refractivity contribution < 1.29 is 0 Å². The van der Waals surface area contributed by atoms with Crippen LogP contribution in [0.25, 0.3) is 0 Å². The van der Waals surface area contributed by atoms with Gasteiger partial charge in [0.05, 0.1) is 0 Å². The zero-order valence-electron chi connectivity index (χ0n) is 29.0. The number of rotatable bonds is 0. The Morgan fingerprint density at radius 1 is 0.333 bits per heavy atom. The first-order valence-electron chi connectivity index (χ1n) is 15.1. The zero-order valence-corrected chi connectivity index (χ0v) is 29.0. The molecule has 0 radical (unpaired) electrons. The molecule has 0 bridgehead atoms. The van der Waals surface area contributed by atoms with Crippen molar-refractivity contribution in [2.75, 3.05) is 28.7 Å². The van der Waals surface area contributed by atoms with Crippen LogP contribution in [0.4, 0.5) is 28.4 Å². The average Bonchev–Trinajstić information content (AvgIpc) is 2.98. The highest BCUT2D eigenvalue weighted by Crippen LogP contribution is 2.15. The summed E-state index contributed by atoms with van der Waals surface area (Å²) in [5.74, 6) is 0. The van der Waals surface area contributed by atoms with Crippen molar-refractivity contribution in [3.63, 3.8) is 0 Å². The van der Waals surface area contributed by atoms with Gasteiger partial charge in [0.2, 0.25) is 0 Å². The number of hydrogen-bond acceptors (Lipinski definition) is 5. The van der Waals surface area contributed by atoms with Gasteiger partial charge in [0, 0.05) is 28.4 Å². The first-order valence-corrected chi connectivity index (χ1v) is 15.1. The summed E-state index contributed by atoms with van der Waals surface area (Å²) in [5, 5.41) is 0. The van der Waals surface area contributed by atoms with Crippen LogP contribution < -0.4 is 28.7 Å². The van der Waals surface area contributed by atoms with Gasteiger partial charge >= 0.3 is 0 Å². The maximum Gasteiger partial charge on any atom is 0.0373 e. The van der Waals surface area contributed by atoms with E-state index in [0.717, 1.165) is 50.7 Å². The van der Waals surface area contributed by atoms with Crippen molar-refractivity contribution in [2.24, 2.45) is 0 Å². The molecule has 5 aromatic rings. The van der Waals surface area contributed by atoms with Gasteiger partial charge < -0.3 is 28.7 Å². The van der Waals surface area contributed by atoms with E-state index in [1.807, 2.05) is 114 Å². The van der Waals surface area contributed by atoms with Crippen molar-refractivity contribution in [2.45, 2.75) is 69.2 Å². The molecule has 45 heavy (non-hydrogen) atoms. The highest BCUT2D eigenvalue weighted by atomic mass is 14.6. The van der Waals surface area contributed by atoms with Gasteiger partial charge in [0.1, 0.15) is 0 Å². The Hall–Kier alpha value is -4.90. The van der Waals surface area contributed by atoms with Gasteiger partial charge in [-0.1, -0.05) is 66.2 Å². The van der Waals surface area contributed by atoms with Crippen LogP contribution >= 0.6 is 0 Å². The van der Waals surface area contributed by atoms with Crippen molar-refractivity contribution in [1.82, 2.24) is 0 Å². The van der Waals surface area contributed by atoms with Crippen LogP contribution in [0.2, 0.25) is 0 Å². The van der Waals surface area contributed by atoms with E-state index in [0.29, 0.717) is 0 Å². The molecule has 240 valence electrons. The molecule has 0 atom stereocenters. The minimum absolute atomic E-state index is 0.845. The largest absolute Gasteiger partial charge is 0.399 e. The fraction of sp³-hybridized carbons (Fsp3) is 0.250. The molecule has 5 heteroatoms. The maximum atomic E-state index is 5.68. The lowest BCUT2D eigenvalue weighted by Gasteiger charge is -2.00. The third-order valence-electron chi connectivity index (χ3n) is 7.58. The normalized spacial score (nSPS) is 9.56. The lowest BCUT2D eigenvalue weighted by Crippen LogP contribution is -1.91. The summed E-state index contributed by atoms with van der Waals surface area (Å²) in [6.07, 6.45) is 0. The maximum absolute atomic E-state index is 5.68. The molecule has 0 saturated heterocycles. The Kier molecular flexibility index (Phi) is 15.8. The molecule has 0 aliphatic carbocycles. The lowest BCUT2D eigenvalue weighted by atomic mass is 10.1. The molecule has 0 amide bonds. The summed E-state index contributed by atoms with van der Waals surface area (Å²) in [4.78, 5) is 0. The molecule has 0 unspecified atom stereocenters. The Balaban J connectivity index is 0.000000281. The summed E-state index contributed by atoms with van der Waals surface area (Å²) in [5.41, 5.74) is 44.6. The van der Waals surface area contributed by atoms with Crippen LogP contribution in [0.3, 0.4) is 0 Å². The summed E-state index contributed by atoms with van der Waals surface area (Å²) in [6, 6.07) is 30.0. The van der Waals surface area contributed by atoms with E-state index in [9.17, 15) is 0 Å². The van der Waals surface area contributed by atoms with Gasteiger partial charge in [-0.2, -0.15) is 0 Å². The highest BCUT2D eigenvalue weighted by molar-refractivity contribution is 5.52. The van der Waals surface area contributed by atoms with Gasteiger partial charge in [-0.3, -0.25) is 0 Å². The minimum Gasteiger partial charge on any atom is -0.399 e. The van der Waals surface area contributed by atoms with E-state index in [1.165, 1.54) is 33.4 Å². The fourth-order valence-corrected chi connectivity index (χ4v) is 3.95. The Bertz CT molecular complexity index is 1450. The van der Waals surface area contributed by atoms with E-state index < -0.39 is 0 Å². The van der Waals surface area contributed by atoms with Crippen LogP contribution in [-0.2, 0) is 0 Å². The van der Waals surface area contributed by atoms with Gasteiger partial charge in [-0.05, 0) is 150 Å². The molecular formula is C40H55N5. The number of nitrogen functional groups attached to an aromatic ring is 5. The third kappa shape index (κ3) is 14.0. The molecule has 5 nitrogen and oxygen atoms in total. The number of para-hydroxylation sites is 1. The second-order valence-corrected chi connectivity index (χ2v) is 11.7. The monoisotopic (exact) mass is 605 g/mol. The molecule has 0 aliphatic heterocycles. The van der Waals surface area contributed by atoms with Crippen molar-refractivity contribution in [3.05, 3.63) is 147 Å². The van der Waals surface area contributed by atoms with Gasteiger partial charge in [-0.15, -0.1) is 0 Å². The number of benzene rings is 5. The van der Waals surface area contributed by atoms with E-state index in [-0.39, 0.29) is 0 Å². The lowest BCUT2D eigenvalue weighted by molar-refractivity contribution is 1.34. The predicted molar refractivity (Wildman–Crippen MR) is 202 cm³/mol. The molecule has 0 fully saturated rings. The summed E-state index contributed by atoms with van der Waals surface area (Å²) < 4.78 is 0. The SMILES string of the molecule is Cc1ccc(C)c(N)c1.Cc1ccc(N)c(C)c1.Cc1ccc(N)cc1C.Cc1cccc(C)c1N.Cc1cccc(N)c1C. The van der Waals surface area contributed by atoms with Crippen molar-refractivity contribution in [1.29, 1.82) is 0 Å². The molecular weight excluding hydrogens is 550 g/mol. The summed E-state index contributed by atoms with van der Waals surface area (Å²) in [7, 11) is 0. The second-order valence-electron chi connectivity index (χ2n) is 11.7.